The van der Waals surface area contributed by atoms with E-state index in [2.05, 4.69) is 5.32 Å². The maximum absolute atomic E-state index is 12.8. The Hall–Kier alpha value is -1.38. The van der Waals surface area contributed by atoms with Crippen LogP contribution in [0.4, 0.5) is 14.9 Å². The predicted octanol–water partition coefficient (Wildman–Crippen LogP) is 1.43. The molecule has 7 heteroatoms. The maximum Gasteiger partial charge on any atom is 0.318 e. The van der Waals surface area contributed by atoms with Gasteiger partial charge in [-0.1, -0.05) is 0 Å². The molecule has 5 nitrogen and oxygen atoms in total. The molecule has 0 aliphatic carbocycles. The van der Waals surface area contributed by atoms with Crippen molar-refractivity contribution in [1.29, 1.82) is 0 Å². The molecule has 0 bridgehead atoms. The van der Waals surface area contributed by atoms with E-state index in [1.807, 2.05) is 27.9 Å². The Kier molecular flexibility index (Phi) is 4.67. The van der Waals surface area contributed by atoms with Crippen molar-refractivity contribution < 1.29 is 14.0 Å². The third-order valence-electron chi connectivity index (χ3n) is 1.94. The highest BCUT2D eigenvalue weighted by Gasteiger charge is 2.15. The van der Waals surface area contributed by atoms with Gasteiger partial charge in [0.2, 0.25) is 5.91 Å². The van der Waals surface area contributed by atoms with Crippen LogP contribution in [0.2, 0.25) is 0 Å². The molecule has 1 unspecified atom stereocenters. The van der Waals surface area contributed by atoms with Gasteiger partial charge in [-0.15, -0.1) is 0 Å². The van der Waals surface area contributed by atoms with Crippen LogP contribution in [0.15, 0.2) is 18.2 Å². The van der Waals surface area contributed by atoms with Crippen molar-refractivity contribution in [3.63, 3.8) is 0 Å². The minimum atomic E-state index is -0.905. The van der Waals surface area contributed by atoms with Crippen molar-refractivity contribution in [2.24, 2.45) is 5.73 Å². The van der Waals surface area contributed by atoms with Crippen LogP contribution >= 0.6 is 22.6 Å². The number of halogens is 2. The van der Waals surface area contributed by atoms with Gasteiger partial charge in [-0.3, -0.25) is 10.1 Å². The van der Waals surface area contributed by atoms with E-state index >= 15 is 0 Å². The molecule has 3 amide bonds. The summed E-state index contributed by atoms with van der Waals surface area (Å²) >= 11 is 1.94. The lowest BCUT2D eigenvalue weighted by Crippen LogP contribution is -2.43. The zero-order valence-corrected chi connectivity index (χ0v) is 11.1. The third-order valence-corrected chi connectivity index (χ3v) is 2.84. The SMILES string of the molecule is CC(Nc1ccc(F)cc1I)C(=O)NC(N)=O. The number of amides is 3. The fraction of sp³-hybridized carbons (Fsp3) is 0.200. The molecular weight excluding hydrogens is 340 g/mol. The van der Waals surface area contributed by atoms with E-state index in [-0.39, 0.29) is 5.82 Å². The average Bonchev–Trinajstić information content (AvgIpc) is 2.21. The number of carbonyl (C=O) groups is 2. The van der Waals surface area contributed by atoms with Crippen molar-refractivity contribution in [3.05, 3.63) is 27.6 Å². The van der Waals surface area contributed by atoms with E-state index in [1.54, 1.807) is 6.92 Å². The number of nitrogens with one attached hydrogen (secondary N) is 2. The van der Waals surface area contributed by atoms with Crippen LogP contribution in [0, 0.1) is 9.39 Å². The Morgan fingerprint density at radius 1 is 1.47 bits per heavy atom. The first-order chi connectivity index (χ1) is 7.90. The van der Waals surface area contributed by atoms with Crippen molar-refractivity contribution >= 4 is 40.2 Å². The normalized spacial score (nSPS) is 11.7. The number of rotatable bonds is 3. The molecule has 0 aliphatic rings. The highest BCUT2D eigenvalue weighted by Crippen LogP contribution is 2.19. The fourth-order valence-electron chi connectivity index (χ4n) is 1.14. The molecule has 0 fully saturated rings. The van der Waals surface area contributed by atoms with Gasteiger partial charge in [0.1, 0.15) is 11.9 Å². The summed E-state index contributed by atoms with van der Waals surface area (Å²) in [4.78, 5) is 21.9. The monoisotopic (exact) mass is 351 g/mol. The molecule has 17 heavy (non-hydrogen) atoms. The first kappa shape index (κ1) is 13.7. The van der Waals surface area contributed by atoms with Crippen LogP contribution in [0.3, 0.4) is 0 Å². The molecule has 0 aliphatic heterocycles. The summed E-state index contributed by atoms with van der Waals surface area (Å²) in [5, 5.41) is 4.80. The smallest absolute Gasteiger partial charge is 0.318 e. The summed E-state index contributed by atoms with van der Waals surface area (Å²) in [7, 11) is 0. The predicted molar refractivity (Wildman–Crippen MR) is 69.9 cm³/mol. The van der Waals surface area contributed by atoms with Crippen LogP contribution in [-0.2, 0) is 4.79 Å². The lowest BCUT2D eigenvalue weighted by Gasteiger charge is -2.15. The van der Waals surface area contributed by atoms with E-state index < -0.39 is 18.0 Å². The largest absolute Gasteiger partial charge is 0.373 e. The van der Waals surface area contributed by atoms with Gasteiger partial charge in [0.05, 0.1) is 0 Å². The second kappa shape index (κ2) is 5.80. The topological polar surface area (TPSA) is 84.2 Å². The van der Waals surface area contributed by atoms with Crippen LogP contribution < -0.4 is 16.4 Å². The zero-order chi connectivity index (χ0) is 13.0. The summed E-state index contributed by atoms with van der Waals surface area (Å²) in [6.45, 7) is 1.57. The summed E-state index contributed by atoms with van der Waals surface area (Å²) < 4.78 is 13.5. The first-order valence-corrected chi connectivity index (χ1v) is 5.80. The number of hydrogen-bond donors (Lipinski definition) is 3. The van der Waals surface area contributed by atoms with Gasteiger partial charge in [-0.05, 0) is 47.7 Å². The van der Waals surface area contributed by atoms with E-state index in [9.17, 15) is 14.0 Å². The highest BCUT2D eigenvalue weighted by molar-refractivity contribution is 14.1. The Labute approximate surface area is 111 Å². The van der Waals surface area contributed by atoms with E-state index in [1.165, 1.54) is 18.2 Å². The Morgan fingerprint density at radius 3 is 2.65 bits per heavy atom. The van der Waals surface area contributed by atoms with Crippen LogP contribution in [0.5, 0.6) is 0 Å². The third kappa shape index (κ3) is 4.17. The minimum Gasteiger partial charge on any atom is -0.373 e. The van der Waals surface area contributed by atoms with Gasteiger partial charge in [0.15, 0.2) is 0 Å². The van der Waals surface area contributed by atoms with E-state index in [0.717, 1.165) is 0 Å². The molecule has 0 spiro atoms. The number of primary amides is 1. The highest BCUT2D eigenvalue weighted by atomic mass is 127. The zero-order valence-electron chi connectivity index (χ0n) is 8.96. The molecule has 4 N–H and O–H groups in total. The standard InChI is InChI=1S/C10H11FIN3O2/c1-5(9(16)15-10(13)17)14-8-3-2-6(11)4-7(8)12/h2-5,14H,1H3,(H3,13,15,16,17). The Bertz CT molecular complexity index is 453. The molecule has 1 rings (SSSR count). The Morgan fingerprint density at radius 2 is 2.12 bits per heavy atom. The summed E-state index contributed by atoms with van der Waals surface area (Å²) in [5.41, 5.74) is 5.43. The quantitative estimate of drug-likeness (QED) is 0.721. The van der Waals surface area contributed by atoms with Gasteiger partial charge in [0.25, 0.3) is 0 Å². The van der Waals surface area contributed by atoms with Crippen LogP contribution in [0.25, 0.3) is 0 Å². The molecule has 1 aromatic rings. The maximum atomic E-state index is 12.8. The number of carbonyl (C=O) groups excluding carboxylic acids is 2. The summed E-state index contributed by atoms with van der Waals surface area (Å²) in [5.74, 6) is -0.896. The molecular formula is C10H11FIN3O2. The molecule has 1 atom stereocenters. The molecule has 0 radical (unpaired) electrons. The molecule has 0 saturated heterocycles. The van der Waals surface area contributed by atoms with E-state index in [4.69, 9.17) is 5.73 Å². The van der Waals surface area contributed by atoms with E-state index in [0.29, 0.717) is 9.26 Å². The van der Waals surface area contributed by atoms with Crippen molar-refractivity contribution in [1.82, 2.24) is 5.32 Å². The molecule has 92 valence electrons. The van der Waals surface area contributed by atoms with Gasteiger partial charge >= 0.3 is 6.03 Å². The lowest BCUT2D eigenvalue weighted by molar-refractivity contribution is -0.120. The minimum absolute atomic E-state index is 0.353. The lowest BCUT2D eigenvalue weighted by atomic mass is 10.2. The number of imide groups is 1. The van der Waals surface area contributed by atoms with Gasteiger partial charge in [-0.2, -0.15) is 0 Å². The number of nitrogens with two attached hydrogens (primary N) is 1. The molecule has 0 heterocycles. The van der Waals surface area contributed by atoms with Crippen LogP contribution in [-0.4, -0.2) is 18.0 Å². The second-order valence-corrected chi connectivity index (χ2v) is 4.51. The van der Waals surface area contributed by atoms with Gasteiger partial charge in [0, 0.05) is 9.26 Å². The Balaban J connectivity index is 2.70. The van der Waals surface area contributed by atoms with Crippen LogP contribution in [0.1, 0.15) is 6.92 Å². The molecule has 0 aromatic heterocycles. The number of benzene rings is 1. The first-order valence-electron chi connectivity index (χ1n) is 4.72. The van der Waals surface area contributed by atoms with Crippen molar-refractivity contribution in [3.8, 4) is 0 Å². The number of anilines is 1. The van der Waals surface area contributed by atoms with Crippen molar-refractivity contribution in [2.45, 2.75) is 13.0 Å². The number of urea groups is 1. The average molecular weight is 351 g/mol. The number of hydrogen-bond acceptors (Lipinski definition) is 3. The summed E-state index contributed by atoms with van der Waals surface area (Å²) in [6, 6.07) is 2.58. The molecule has 1 aromatic carbocycles. The van der Waals surface area contributed by atoms with Gasteiger partial charge in [-0.25, -0.2) is 9.18 Å². The molecule has 0 saturated carbocycles. The van der Waals surface area contributed by atoms with Crippen molar-refractivity contribution in [2.75, 3.05) is 5.32 Å². The fourth-order valence-corrected chi connectivity index (χ4v) is 1.77. The van der Waals surface area contributed by atoms with Gasteiger partial charge < -0.3 is 11.1 Å². The second-order valence-electron chi connectivity index (χ2n) is 3.34. The summed E-state index contributed by atoms with van der Waals surface area (Å²) in [6.07, 6.45) is 0.